The Hall–Kier alpha value is -2.84. The van der Waals surface area contributed by atoms with E-state index in [9.17, 15) is 9.59 Å². The number of nitrogens with zero attached hydrogens (tertiary/aromatic N) is 4. The molecule has 1 aromatic carbocycles. The van der Waals surface area contributed by atoms with Gasteiger partial charge in [-0.05, 0) is 43.3 Å². The number of pyridine rings is 1. The van der Waals surface area contributed by atoms with E-state index in [0.717, 1.165) is 11.5 Å². The van der Waals surface area contributed by atoms with Crippen molar-refractivity contribution in [3.05, 3.63) is 76.3 Å². The van der Waals surface area contributed by atoms with E-state index in [0.29, 0.717) is 53.1 Å². The fraction of sp³-hybridized carbons (Fsp3) is 0.273. The summed E-state index contributed by atoms with van der Waals surface area (Å²) < 4.78 is 5.10. The number of rotatable bonds is 5. The van der Waals surface area contributed by atoms with Gasteiger partial charge in [-0.25, -0.2) is 4.98 Å². The normalized spacial score (nSPS) is 14.0. The van der Waals surface area contributed by atoms with E-state index in [4.69, 9.17) is 16.1 Å². The molecule has 1 aliphatic rings. The maximum absolute atomic E-state index is 13.1. The Morgan fingerprint density at radius 3 is 2.39 bits per heavy atom. The third-order valence-corrected chi connectivity index (χ3v) is 6.27. The van der Waals surface area contributed by atoms with Crippen LogP contribution in [0.5, 0.6) is 0 Å². The molecule has 1 fully saturated rings. The predicted octanol–water partition coefficient (Wildman–Crippen LogP) is 3.92. The van der Waals surface area contributed by atoms with E-state index in [1.807, 2.05) is 13.0 Å². The first-order valence-corrected chi connectivity index (χ1v) is 11.2. The van der Waals surface area contributed by atoms with Crippen LogP contribution < -0.4 is 0 Å². The van der Waals surface area contributed by atoms with Crippen LogP contribution in [0.4, 0.5) is 0 Å². The molecule has 160 valence electrons. The van der Waals surface area contributed by atoms with Gasteiger partial charge in [0, 0.05) is 54.8 Å². The van der Waals surface area contributed by atoms with Crippen LogP contribution in [-0.2, 0) is 5.75 Å². The number of carbonyl (C=O) groups is 2. The van der Waals surface area contributed by atoms with E-state index >= 15 is 0 Å². The highest BCUT2D eigenvalue weighted by Crippen LogP contribution is 2.25. The molecule has 0 atom stereocenters. The lowest BCUT2D eigenvalue weighted by molar-refractivity contribution is 0.0533. The first kappa shape index (κ1) is 21.4. The summed E-state index contributed by atoms with van der Waals surface area (Å²) >= 11 is 7.35. The Balaban J connectivity index is 1.38. The lowest BCUT2D eigenvalue weighted by Gasteiger charge is -2.35. The summed E-state index contributed by atoms with van der Waals surface area (Å²) in [5, 5.41) is 5.24. The third kappa shape index (κ3) is 5.08. The standard InChI is InChI=1S/C22H21ClN4O3S/c1-15-13-18(25-30-15)14-31-20-19(3-2-8-24-20)22(29)27-11-9-26(10-12-27)21(28)16-4-6-17(23)7-5-16/h2-8,13H,9-12,14H2,1H3. The average molecular weight is 457 g/mol. The quantitative estimate of drug-likeness (QED) is 0.541. The fourth-order valence-electron chi connectivity index (χ4n) is 3.35. The van der Waals surface area contributed by atoms with Gasteiger partial charge in [0.25, 0.3) is 11.8 Å². The monoisotopic (exact) mass is 456 g/mol. The number of hydrogen-bond donors (Lipinski definition) is 0. The molecule has 0 aliphatic carbocycles. The lowest BCUT2D eigenvalue weighted by Crippen LogP contribution is -2.50. The van der Waals surface area contributed by atoms with Gasteiger partial charge in [-0.2, -0.15) is 0 Å². The molecule has 2 amide bonds. The molecule has 9 heteroatoms. The van der Waals surface area contributed by atoms with E-state index in [1.165, 1.54) is 11.8 Å². The van der Waals surface area contributed by atoms with Crippen molar-refractivity contribution in [3.63, 3.8) is 0 Å². The second kappa shape index (κ2) is 9.53. The van der Waals surface area contributed by atoms with Crippen LogP contribution in [0.2, 0.25) is 5.02 Å². The van der Waals surface area contributed by atoms with Crippen LogP contribution in [-0.4, -0.2) is 57.9 Å². The van der Waals surface area contributed by atoms with Crippen molar-refractivity contribution in [1.82, 2.24) is 19.9 Å². The minimum Gasteiger partial charge on any atom is -0.361 e. The highest BCUT2D eigenvalue weighted by atomic mass is 35.5. The van der Waals surface area contributed by atoms with Crippen molar-refractivity contribution in [2.45, 2.75) is 17.7 Å². The number of thioether (sulfide) groups is 1. The van der Waals surface area contributed by atoms with Crippen LogP contribution in [0.1, 0.15) is 32.2 Å². The highest BCUT2D eigenvalue weighted by molar-refractivity contribution is 7.98. The predicted molar refractivity (Wildman–Crippen MR) is 118 cm³/mol. The molecule has 2 aromatic heterocycles. The maximum atomic E-state index is 13.1. The van der Waals surface area contributed by atoms with Gasteiger partial charge in [0.2, 0.25) is 0 Å². The Kier molecular flexibility index (Phi) is 6.58. The van der Waals surface area contributed by atoms with Gasteiger partial charge in [0.15, 0.2) is 0 Å². The van der Waals surface area contributed by atoms with Crippen LogP contribution >= 0.6 is 23.4 Å². The minimum absolute atomic E-state index is 0.0516. The smallest absolute Gasteiger partial charge is 0.256 e. The number of benzene rings is 1. The summed E-state index contributed by atoms with van der Waals surface area (Å²) in [6.07, 6.45) is 1.68. The summed E-state index contributed by atoms with van der Waals surface area (Å²) in [4.78, 5) is 33.7. The topological polar surface area (TPSA) is 79.5 Å². The molecule has 0 N–H and O–H groups in total. The molecule has 31 heavy (non-hydrogen) atoms. The van der Waals surface area contributed by atoms with Crippen LogP contribution in [0.3, 0.4) is 0 Å². The van der Waals surface area contributed by atoms with Gasteiger partial charge in [0.1, 0.15) is 10.8 Å². The van der Waals surface area contributed by atoms with E-state index < -0.39 is 0 Å². The van der Waals surface area contributed by atoms with Crippen molar-refractivity contribution in [3.8, 4) is 0 Å². The SMILES string of the molecule is Cc1cc(CSc2ncccc2C(=O)N2CCN(C(=O)c3ccc(Cl)cc3)CC2)no1. The van der Waals surface area contributed by atoms with Crippen LogP contribution in [0.25, 0.3) is 0 Å². The van der Waals surface area contributed by atoms with Gasteiger partial charge in [-0.15, -0.1) is 0 Å². The van der Waals surface area contributed by atoms with Gasteiger partial charge < -0.3 is 14.3 Å². The number of halogens is 1. The van der Waals surface area contributed by atoms with E-state index in [2.05, 4.69) is 10.1 Å². The molecule has 3 heterocycles. The van der Waals surface area contributed by atoms with E-state index in [1.54, 1.807) is 52.4 Å². The lowest BCUT2D eigenvalue weighted by atomic mass is 10.1. The number of aryl methyl sites for hydroxylation is 1. The number of aromatic nitrogens is 2. The Morgan fingerprint density at radius 1 is 1.06 bits per heavy atom. The van der Waals surface area contributed by atoms with Crippen LogP contribution in [0, 0.1) is 6.92 Å². The summed E-state index contributed by atoms with van der Waals surface area (Å²) in [7, 11) is 0. The summed E-state index contributed by atoms with van der Waals surface area (Å²) in [6, 6.07) is 12.3. The first-order valence-electron chi connectivity index (χ1n) is 9.85. The largest absolute Gasteiger partial charge is 0.361 e. The number of amides is 2. The summed E-state index contributed by atoms with van der Waals surface area (Å²) in [5.74, 6) is 1.19. The van der Waals surface area contributed by atoms with Crippen molar-refractivity contribution in [2.75, 3.05) is 26.2 Å². The molecule has 0 radical (unpaired) electrons. The second-order valence-electron chi connectivity index (χ2n) is 7.16. The van der Waals surface area contributed by atoms with Crippen LogP contribution in [0.15, 0.2) is 58.2 Å². The molecular weight excluding hydrogens is 436 g/mol. The first-order chi connectivity index (χ1) is 15.0. The molecule has 0 saturated carbocycles. The van der Waals surface area contributed by atoms with Crippen molar-refractivity contribution < 1.29 is 14.1 Å². The number of piperazine rings is 1. The molecule has 1 saturated heterocycles. The van der Waals surface area contributed by atoms with Gasteiger partial charge in [0.05, 0.1) is 11.3 Å². The van der Waals surface area contributed by atoms with E-state index in [-0.39, 0.29) is 11.8 Å². The minimum atomic E-state index is -0.0782. The molecule has 3 aromatic rings. The number of carbonyl (C=O) groups excluding carboxylic acids is 2. The van der Waals surface area contributed by atoms with Gasteiger partial charge in [-0.1, -0.05) is 28.5 Å². The van der Waals surface area contributed by atoms with Crippen molar-refractivity contribution >= 4 is 35.2 Å². The zero-order valence-corrected chi connectivity index (χ0v) is 18.5. The molecular formula is C22H21ClN4O3S. The molecule has 0 spiro atoms. The zero-order chi connectivity index (χ0) is 21.8. The van der Waals surface area contributed by atoms with Crippen molar-refractivity contribution in [2.24, 2.45) is 0 Å². The molecule has 4 rings (SSSR count). The van der Waals surface area contributed by atoms with Gasteiger partial charge >= 0.3 is 0 Å². The Bertz CT molecular complexity index is 1080. The van der Waals surface area contributed by atoms with Gasteiger partial charge in [-0.3, -0.25) is 9.59 Å². The Labute approximate surface area is 189 Å². The molecule has 7 nitrogen and oxygen atoms in total. The molecule has 0 unspecified atom stereocenters. The summed E-state index contributed by atoms with van der Waals surface area (Å²) in [5.41, 5.74) is 1.96. The molecule has 1 aliphatic heterocycles. The highest BCUT2D eigenvalue weighted by Gasteiger charge is 2.27. The fourth-order valence-corrected chi connectivity index (χ4v) is 4.35. The molecule has 0 bridgehead atoms. The number of hydrogen-bond acceptors (Lipinski definition) is 6. The maximum Gasteiger partial charge on any atom is 0.256 e. The zero-order valence-electron chi connectivity index (χ0n) is 17.0. The Morgan fingerprint density at radius 2 is 1.74 bits per heavy atom. The summed E-state index contributed by atoms with van der Waals surface area (Å²) in [6.45, 7) is 3.75. The third-order valence-electron chi connectivity index (χ3n) is 4.98. The van der Waals surface area contributed by atoms with Crippen molar-refractivity contribution in [1.29, 1.82) is 0 Å². The second-order valence-corrected chi connectivity index (χ2v) is 8.57. The average Bonchev–Trinajstić information content (AvgIpc) is 3.22.